The summed E-state index contributed by atoms with van der Waals surface area (Å²) in [5.74, 6) is -1.05. The molecule has 0 bridgehead atoms. The number of anilines is 1. The number of Topliss-reactive ketones (excluding diaryl/α,β-unsaturated/α-hetero) is 1. The van der Waals surface area contributed by atoms with E-state index < -0.39 is 34.2 Å². The predicted octanol–water partition coefficient (Wildman–Crippen LogP) is 4.52. The molecule has 0 fully saturated rings. The lowest BCUT2D eigenvalue weighted by Gasteiger charge is -2.30. The fourth-order valence-electron chi connectivity index (χ4n) is 3.37. The highest BCUT2D eigenvalue weighted by Gasteiger charge is 2.46. The average Bonchev–Trinajstić information content (AvgIpc) is 3.40. The second-order valence-corrected chi connectivity index (χ2v) is 7.81. The largest absolute Gasteiger partial charge is 0.431 e. The highest BCUT2D eigenvalue weighted by molar-refractivity contribution is 7.14. The minimum absolute atomic E-state index is 0.111. The van der Waals surface area contributed by atoms with Gasteiger partial charge < -0.3 is 5.32 Å². The number of benzene rings is 1. The monoisotopic (exact) mass is 449 g/mol. The number of aromatic nitrogens is 3. The quantitative estimate of drug-likeness (QED) is 0.349. The van der Waals surface area contributed by atoms with Crippen LogP contribution in [0, 0.1) is 10.1 Å². The van der Waals surface area contributed by atoms with E-state index >= 15 is 0 Å². The molecule has 0 aliphatic carbocycles. The number of carbonyl (C=O) groups excluding carboxylic acids is 1. The number of hydrogen-bond donors (Lipinski definition) is 1. The molecule has 8 nitrogen and oxygen atoms in total. The summed E-state index contributed by atoms with van der Waals surface area (Å²) in [5.41, 5.74) is -2.07. The summed E-state index contributed by atoms with van der Waals surface area (Å²) in [4.78, 5) is 28.7. The van der Waals surface area contributed by atoms with E-state index in [4.69, 9.17) is 0 Å². The third kappa shape index (κ3) is 3.69. The van der Waals surface area contributed by atoms with Gasteiger partial charge in [0.2, 0.25) is 11.7 Å². The molecule has 1 N–H and O–H groups in total. The van der Waals surface area contributed by atoms with Gasteiger partial charge in [-0.1, -0.05) is 19.1 Å². The van der Waals surface area contributed by atoms with Crippen molar-refractivity contribution >= 4 is 28.8 Å². The van der Waals surface area contributed by atoms with Gasteiger partial charge >= 0.3 is 6.18 Å². The lowest BCUT2D eigenvalue weighted by Crippen LogP contribution is -2.35. The average molecular weight is 449 g/mol. The van der Waals surface area contributed by atoms with Crippen molar-refractivity contribution in [2.75, 3.05) is 5.32 Å². The molecule has 1 aliphatic heterocycles. The number of rotatable bonds is 5. The minimum atomic E-state index is -4.90. The van der Waals surface area contributed by atoms with Gasteiger partial charge in [-0.2, -0.15) is 23.3 Å². The van der Waals surface area contributed by atoms with E-state index in [2.05, 4.69) is 15.4 Å². The summed E-state index contributed by atoms with van der Waals surface area (Å²) in [6.45, 7) is 1.87. The van der Waals surface area contributed by atoms with Gasteiger partial charge in [-0.05, 0) is 24.1 Å². The maximum absolute atomic E-state index is 14.0. The number of allylic oxidation sites excluding steroid dienone is 2. The molecule has 0 saturated heterocycles. The molecule has 3 heterocycles. The SMILES string of the molecule is CCc1ccc(C(=O)C2=C(C(F)(F)F)Nc3ncnn3C2c2cccc([N+](=O)[O-])c2)s1. The zero-order chi connectivity index (χ0) is 22.3. The van der Waals surface area contributed by atoms with Gasteiger partial charge in [0.25, 0.3) is 5.69 Å². The normalized spacial score (nSPS) is 16.1. The van der Waals surface area contributed by atoms with Crippen molar-refractivity contribution in [3.05, 3.63) is 79.4 Å². The van der Waals surface area contributed by atoms with Gasteiger partial charge in [0.05, 0.1) is 15.4 Å². The number of fused-ring (bicyclic) bond motifs is 1. The molecule has 2 aromatic heterocycles. The Bertz CT molecular complexity index is 1210. The van der Waals surface area contributed by atoms with Crippen LogP contribution in [0.25, 0.3) is 0 Å². The fourth-order valence-corrected chi connectivity index (χ4v) is 4.27. The molecule has 4 rings (SSSR count). The number of nitro benzene ring substituents is 1. The Kier molecular flexibility index (Phi) is 5.09. The number of ketones is 1. The molecule has 0 spiro atoms. The number of nitrogens with zero attached hydrogens (tertiary/aromatic N) is 4. The molecule has 1 aromatic carbocycles. The van der Waals surface area contributed by atoms with Crippen LogP contribution in [0.1, 0.15) is 33.1 Å². The van der Waals surface area contributed by atoms with E-state index in [1.165, 1.54) is 24.3 Å². The third-order valence-electron chi connectivity index (χ3n) is 4.76. The lowest BCUT2D eigenvalue weighted by molar-refractivity contribution is -0.384. The van der Waals surface area contributed by atoms with Gasteiger partial charge in [-0.3, -0.25) is 14.9 Å². The Morgan fingerprint density at radius 1 is 1.32 bits per heavy atom. The van der Waals surface area contributed by atoms with Crippen LogP contribution in [0.2, 0.25) is 0 Å². The Morgan fingerprint density at radius 3 is 2.74 bits per heavy atom. The molecule has 12 heteroatoms. The second kappa shape index (κ2) is 7.61. The topological polar surface area (TPSA) is 103 Å². The number of halogens is 3. The van der Waals surface area contributed by atoms with Crippen LogP contribution in [-0.4, -0.2) is 31.6 Å². The lowest BCUT2D eigenvalue weighted by atomic mass is 9.91. The highest BCUT2D eigenvalue weighted by atomic mass is 32.1. The van der Waals surface area contributed by atoms with Gasteiger partial charge in [-0.25, -0.2) is 4.68 Å². The first kappa shape index (κ1) is 20.7. The first-order chi connectivity index (χ1) is 14.7. The molecule has 160 valence electrons. The Hall–Kier alpha value is -3.54. The van der Waals surface area contributed by atoms with Crippen molar-refractivity contribution in [2.24, 2.45) is 0 Å². The van der Waals surface area contributed by atoms with Crippen molar-refractivity contribution < 1.29 is 22.9 Å². The minimum Gasteiger partial charge on any atom is -0.320 e. The van der Waals surface area contributed by atoms with Crippen molar-refractivity contribution in [1.29, 1.82) is 0 Å². The third-order valence-corrected chi connectivity index (χ3v) is 5.98. The summed E-state index contributed by atoms with van der Waals surface area (Å²) in [7, 11) is 0. The van der Waals surface area contributed by atoms with Gasteiger partial charge in [0, 0.05) is 17.0 Å². The van der Waals surface area contributed by atoms with Crippen LogP contribution >= 0.6 is 11.3 Å². The number of hydrogen-bond acceptors (Lipinski definition) is 7. The number of aryl methyl sites for hydroxylation is 1. The molecule has 1 atom stereocenters. The zero-order valence-electron chi connectivity index (χ0n) is 15.9. The molecule has 1 aliphatic rings. The first-order valence-corrected chi connectivity index (χ1v) is 9.88. The van der Waals surface area contributed by atoms with Crippen molar-refractivity contribution in [1.82, 2.24) is 14.8 Å². The van der Waals surface area contributed by atoms with Crippen LogP contribution < -0.4 is 5.32 Å². The molecular weight excluding hydrogens is 435 g/mol. The summed E-state index contributed by atoms with van der Waals surface area (Å²) < 4.78 is 43.1. The Labute approximate surface area is 177 Å². The van der Waals surface area contributed by atoms with E-state index in [0.717, 1.165) is 33.3 Å². The van der Waals surface area contributed by atoms with Crippen LogP contribution in [0.15, 0.2) is 54.0 Å². The van der Waals surface area contributed by atoms with E-state index in [1.54, 1.807) is 6.07 Å². The first-order valence-electron chi connectivity index (χ1n) is 9.06. The number of non-ortho nitro benzene ring substituents is 1. The number of alkyl halides is 3. The molecule has 31 heavy (non-hydrogen) atoms. The van der Waals surface area contributed by atoms with Gasteiger partial charge in [0.1, 0.15) is 18.1 Å². The van der Waals surface area contributed by atoms with Crippen molar-refractivity contribution in [3.63, 3.8) is 0 Å². The summed E-state index contributed by atoms with van der Waals surface area (Å²) >= 11 is 1.10. The Balaban J connectivity index is 1.96. The van der Waals surface area contributed by atoms with E-state index in [1.807, 2.05) is 6.92 Å². The Morgan fingerprint density at radius 2 is 2.10 bits per heavy atom. The molecule has 1 unspecified atom stereocenters. The van der Waals surface area contributed by atoms with Crippen LogP contribution in [0.3, 0.4) is 0 Å². The van der Waals surface area contributed by atoms with E-state index in [-0.39, 0.29) is 22.1 Å². The highest BCUT2D eigenvalue weighted by Crippen LogP contribution is 2.43. The van der Waals surface area contributed by atoms with E-state index in [9.17, 15) is 28.1 Å². The molecular formula is C19H14F3N5O3S. The van der Waals surface area contributed by atoms with Crippen LogP contribution in [0.4, 0.5) is 24.8 Å². The molecule has 0 saturated carbocycles. The number of nitrogens with one attached hydrogen (secondary N) is 1. The fraction of sp³-hybridized carbons (Fsp3) is 0.211. The maximum Gasteiger partial charge on any atom is 0.431 e. The smallest absolute Gasteiger partial charge is 0.320 e. The molecule has 0 amide bonds. The van der Waals surface area contributed by atoms with E-state index in [0.29, 0.717) is 6.42 Å². The second-order valence-electron chi connectivity index (χ2n) is 6.64. The summed E-state index contributed by atoms with van der Waals surface area (Å²) in [5, 5.41) is 17.4. The number of nitro groups is 1. The van der Waals surface area contributed by atoms with Gasteiger partial charge in [0.15, 0.2) is 0 Å². The number of thiophene rings is 1. The van der Waals surface area contributed by atoms with Crippen LogP contribution in [-0.2, 0) is 6.42 Å². The number of carbonyl (C=O) groups is 1. The maximum atomic E-state index is 14.0. The van der Waals surface area contributed by atoms with Gasteiger partial charge in [-0.15, -0.1) is 11.3 Å². The summed E-state index contributed by atoms with van der Waals surface area (Å²) in [6, 6.07) is 6.93. The predicted molar refractivity (Wildman–Crippen MR) is 106 cm³/mol. The van der Waals surface area contributed by atoms with Crippen LogP contribution in [0.5, 0.6) is 0 Å². The van der Waals surface area contributed by atoms with Crippen molar-refractivity contribution in [2.45, 2.75) is 25.6 Å². The zero-order valence-corrected chi connectivity index (χ0v) is 16.7. The van der Waals surface area contributed by atoms with Crippen molar-refractivity contribution in [3.8, 4) is 0 Å². The standard InChI is InChI=1S/C19H14F3N5O3S/c1-2-12-6-7-13(31-12)16(28)14-15(10-4-3-5-11(8-10)27(29)30)26-18(23-9-24-26)25-17(14)19(20,21)22/h3-9,15H,2H2,1H3,(H,23,24,25). The summed E-state index contributed by atoms with van der Waals surface area (Å²) in [6.07, 6.45) is -3.22. The molecule has 3 aromatic rings. The molecule has 0 radical (unpaired) electrons.